The summed E-state index contributed by atoms with van der Waals surface area (Å²) in [5.41, 5.74) is 4.07. The van der Waals surface area contributed by atoms with Crippen molar-refractivity contribution < 1.29 is 9.53 Å². The number of aryl methyl sites for hydroxylation is 1. The minimum atomic E-state index is -0.443. The van der Waals surface area contributed by atoms with Crippen molar-refractivity contribution in [2.24, 2.45) is 7.05 Å². The summed E-state index contributed by atoms with van der Waals surface area (Å²) in [7, 11) is 3.46. The molecule has 178 valence electrons. The first kappa shape index (κ1) is 21.7. The van der Waals surface area contributed by atoms with Gasteiger partial charge in [0.2, 0.25) is 5.91 Å². The normalized spacial score (nSPS) is 17.0. The molecule has 1 amide bonds. The highest BCUT2D eigenvalue weighted by Gasteiger charge is 2.50. The summed E-state index contributed by atoms with van der Waals surface area (Å²) in [5.74, 6) is 0.852. The van der Waals surface area contributed by atoms with E-state index in [-0.39, 0.29) is 5.91 Å². The number of methoxy groups -OCH3 is 1. The van der Waals surface area contributed by atoms with Crippen LogP contribution in [0.4, 0.5) is 5.82 Å². The first-order valence-electron chi connectivity index (χ1n) is 11.9. The topological polar surface area (TPSA) is 98.1 Å². The van der Waals surface area contributed by atoms with Gasteiger partial charge in [0.05, 0.1) is 12.6 Å². The lowest BCUT2D eigenvalue weighted by Gasteiger charge is -2.30. The molecule has 2 fully saturated rings. The number of rotatable bonds is 5. The van der Waals surface area contributed by atoms with Crippen molar-refractivity contribution in [1.29, 1.82) is 0 Å². The number of fused-ring (bicyclic) bond motifs is 2. The molecule has 0 spiro atoms. The molecule has 0 atom stereocenters. The van der Waals surface area contributed by atoms with Gasteiger partial charge < -0.3 is 10.1 Å². The van der Waals surface area contributed by atoms with Gasteiger partial charge in [-0.15, -0.1) is 0 Å². The lowest BCUT2D eigenvalue weighted by molar-refractivity contribution is -0.125. The van der Waals surface area contributed by atoms with Crippen molar-refractivity contribution in [2.75, 3.05) is 25.5 Å². The van der Waals surface area contributed by atoms with E-state index in [1.807, 2.05) is 43.6 Å². The van der Waals surface area contributed by atoms with Crippen LogP contribution in [0, 0.1) is 0 Å². The molecule has 4 aromatic rings. The third kappa shape index (κ3) is 3.54. The molecule has 1 N–H and O–H groups in total. The zero-order valence-electron chi connectivity index (χ0n) is 19.9. The molecule has 0 unspecified atom stereocenters. The van der Waals surface area contributed by atoms with Crippen LogP contribution in [0.25, 0.3) is 33.5 Å². The predicted octanol–water partition coefficient (Wildman–Crippen LogP) is 3.67. The van der Waals surface area contributed by atoms with Gasteiger partial charge in [-0.25, -0.2) is 15.0 Å². The van der Waals surface area contributed by atoms with Crippen molar-refractivity contribution in [3.63, 3.8) is 0 Å². The Bertz CT molecular complexity index is 1410. The minimum absolute atomic E-state index is 0.0117. The first-order valence-corrected chi connectivity index (χ1v) is 11.9. The Labute approximate surface area is 203 Å². The molecule has 0 bridgehead atoms. The third-order valence-corrected chi connectivity index (χ3v) is 7.22. The summed E-state index contributed by atoms with van der Waals surface area (Å²) in [6.07, 6.45) is 7.28. The van der Waals surface area contributed by atoms with Gasteiger partial charge in [-0.3, -0.25) is 14.4 Å². The molecule has 6 rings (SSSR count). The number of pyridine rings is 1. The molecule has 1 aromatic carbocycles. The van der Waals surface area contributed by atoms with Gasteiger partial charge in [-0.05, 0) is 38.8 Å². The number of amides is 1. The number of aromatic nitrogens is 5. The summed E-state index contributed by atoms with van der Waals surface area (Å²) in [6, 6.07) is 11.8. The van der Waals surface area contributed by atoms with Crippen LogP contribution < -0.4 is 10.1 Å². The molecule has 9 nitrogen and oxygen atoms in total. The number of benzene rings is 1. The number of hydrogen-bond acceptors (Lipinski definition) is 7. The van der Waals surface area contributed by atoms with Crippen LogP contribution >= 0.6 is 0 Å². The quantitative estimate of drug-likeness (QED) is 0.476. The van der Waals surface area contributed by atoms with Gasteiger partial charge in [0.1, 0.15) is 28.8 Å². The minimum Gasteiger partial charge on any atom is -0.493 e. The smallest absolute Gasteiger partial charge is 0.246 e. The number of carbonyl (C=O) groups is 1. The monoisotopic (exact) mass is 469 g/mol. The van der Waals surface area contributed by atoms with Crippen molar-refractivity contribution in [2.45, 2.75) is 31.2 Å². The highest BCUT2D eigenvalue weighted by Crippen LogP contribution is 2.41. The van der Waals surface area contributed by atoms with Gasteiger partial charge in [0.15, 0.2) is 11.6 Å². The molecular formula is C26H27N7O2. The van der Waals surface area contributed by atoms with Crippen molar-refractivity contribution >= 4 is 22.8 Å². The molecule has 35 heavy (non-hydrogen) atoms. The van der Waals surface area contributed by atoms with Crippen LogP contribution in [-0.2, 0) is 11.8 Å². The second kappa shape index (κ2) is 8.42. The maximum absolute atomic E-state index is 13.5. The number of hydrogen-bond donors (Lipinski definition) is 1. The van der Waals surface area contributed by atoms with Gasteiger partial charge in [-0.1, -0.05) is 30.3 Å². The molecule has 3 aromatic heterocycles. The fourth-order valence-corrected chi connectivity index (χ4v) is 5.58. The van der Waals surface area contributed by atoms with E-state index in [9.17, 15) is 4.79 Å². The Kier molecular flexibility index (Phi) is 5.21. The highest BCUT2D eigenvalue weighted by molar-refractivity contribution is 6.01. The van der Waals surface area contributed by atoms with E-state index < -0.39 is 5.54 Å². The molecule has 9 heteroatoms. The average molecular weight is 470 g/mol. The van der Waals surface area contributed by atoms with E-state index >= 15 is 0 Å². The van der Waals surface area contributed by atoms with Gasteiger partial charge in [-0.2, -0.15) is 5.10 Å². The Morgan fingerprint density at radius 3 is 2.60 bits per heavy atom. The lowest BCUT2D eigenvalue weighted by Crippen LogP contribution is -2.49. The maximum atomic E-state index is 13.5. The molecule has 5 heterocycles. The van der Waals surface area contributed by atoms with E-state index in [0.717, 1.165) is 55.6 Å². The van der Waals surface area contributed by atoms with Crippen LogP contribution in [0.3, 0.4) is 0 Å². The second-order valence-corrected chi connectivity index (χ2v) is 9.24. The third-order valence-electron chi connectivity index (χ3n) is 7.22. The van der Waals surface area contributed by atoms with Crippen LogP contribution in [0.2, 0.25) is 0 Å². The van der Waals surface area contributed by atoms with Crippen molar-refractivity contribution in [1.82, 2.24) is 29.6 Å². The first-order chi connectivity index (χ1) is 17.1. The summed E-state index contributed by atoms with van der Waals surface area (Å²) in [6.45, 7) is 1.94. The van der Waals surface area contributed by atoms with Crippen molar-refractivity contribution in [3.05, 3.63) is 48.9 Å². The Morgan fingerprint density at radius 1 is 1.09 bits per heavy atom. The number of nitrogens with one attached hydrogen (secondary N) is 1. The number of nitrogens with zero attached hydrogens (tertiary/aromatic N) is 6. The predicted molar refractivity (Wildman–Crippen MR) is 133 cm³/mol. The summed E-state index contributed by atoms with van der Waals surface area (Å²) in [5, 5.41) is 7.78. The molecule has 0 aliphatic carbocycles. The average Bonchev–Trinajstić information content (AvgIpc) is 3.58. The van der Waals surface area contributed by atoms with Crippen LogP contribution in [0.5, 0.6) is 5.75 Å². The number of ether oxygens (including phenoxy) is 1. The van der Waals surface area contributed by atoms with E-state index in [4.69, 9.17) is 9.72 Å². The maximum Gasteiger partial charge on any atom is 0.246 e. The van der Waals surface area contributed by atoms with Crippen molar-refractivity contribution in [3.8, 4) is 28.3 Å². The zero-order valence-corrected chi connectivity index (χ0v) is 19.9. The molecule has 2 saturated heterocycles. The largest absolute Gasteiger partial charge is 0.493 e. The van der Waals surface area contributed by atoms with Gasteiger partial charge >= 0.3 is 0 Å². The molecule has 0 radical (unpaired) electrons. The Morgan fingerprint density at radius 2 is 1.86 bits per heavy atom. The number of carbonyl (C=O) groups excluding carboxylic acids is 1. The summed E-state index contributed by atoms with van der Waals surface area (Å²) < 4.78 is 7.37. The number of anilines is 1. The standard InChI is InChI=1S/C26H27N7O2/c1-32-15-18(21(31-32)17-8-4-3-5-9-17)22-23-19(27-16-28-22)14-20(35-2)24(29-23)30-25(34)26-10-6-12-33(26)13-7-11-26/h3-5,8-9,14-16H,6-7,10-13H2,1-2H3,(H,29,30,34). The van der Waals surface area contributed by atoms with Crippen LogP contribution in [-0.4, -0.2) is 61.3 Å². The molecule has 2 aliphatic rings. The second-order valence-electron chi connectivity index (χ2n) is 9.24. The van der Waals surface area contributed by atoms with Crippen LogP contribution in [0.1, 0.15) is 25.7 Å². The molecule has 2 aliphatic heterocycles. The zero-order chi connectivity index (χ0) is 24.0. The van der Waals surface area contributed by atoms with E-state index in [1.54, 1.807) is 17.9 Å². The van der Waals surface area contributed by atoms with E-state index in [2.05, 4.69) is 25.3 Å². The molecular weight excluding hydrogens is 442 g/mol. The summed E-state index contributed by atoms with van der Waals surface area (Å²) in [4.78, 5) is 29.7. The Hall–Kier alpha value is -3.85. The van der Waals surface area contributed by atoms with Crippen LogP contribution in [0.15, 0.2) is 48.9 Å². The fraction of sp³-hybridized carbons (Fsp3) is 0.346. The van der Waals surface area contributed by atoms with Gasteiger partial charge in [0.25, 0.3) is 0 Å². The van der Waals surface area contributed by atoms with E-state index in [0.29, 0.717) is 28.3 Å². The highest BCUT2D eigenvalue weighted by atomic mass is 16.5. The van der Waals surface area contributed by atoms with Gasteiger partial charge in [0, 0.05) is 30.4 Å². The Balaban J connectivity index is 1.46. The van der Waals surface area contributed by atoms with E-state index in [1.165, 1.54) is 6.33 Å². The lowest BCUT2D eigenvalue weighted by atomic mass is 9.93. The summed E-state index contributed by atoms with van der Waals surface area (Å²) >= 11 is 0. The molecule has 0 saturated carbocycles. The SMILES string of the molecule is COc1cc2ncnc(-c3cn(C)nc3-c3ccccc3)c2nc1NC(=O)C12CCCN1CCC2. The fourth-order valence-electron chi connectivity index (χ4n) is 5.58.